The van der Waals surface area contributed by atoms with Gasteiger partial charge in [-0.3, -0.25) is 0 Å². The molecule has 0 saturated heterocycles. The summed E-state index contributed by atoms with van der Waals surface area (Å²) in [4.78, 5) is 0. The van der Waals surface area contributed by atoms with Crippen molar-refractivity contribution < 1.29 is 17.9 Å². The van der Waals surface area contributed by atoms with Gasteiger partial charge in [-0.05, 0) is 19.1 Å². The maximum absolute atomic E-state index is 10.9. The summed E-state index contributed by atoms with van der Waals surface area (Å²) in [6.07, 6.45) is 0. The maximum atomic E-state index is 10.9. The molecule has 18 heavy (non-hydrogen) atoms. The molecule has 0 saturated carbocycles. The third kappa shape index (κ3) is 5.37. The molecule has 1 aromatic rings. The van der Waals surface area contributed by atoms with Crippen molar-refractivity contribution in [2.75, 3.05) is 19.0 Å². The molecule has 0 aliphatic heterocycles. The van der Waals surface area contributed by atoms with Crippen molar-refractivity contribution in [3.63, 3.8) is 0 Å². The molecule has 1 aromatic carbocycles. The number of sulfonamides is 1. The molecule has 5 nitrogen and oxygen atoms in total. The van der Waals surface area contributed by atoms with Crippen LogP contribution in [0.5, 0.6) is 11.5 Å². The van der Waals surface area contributed by atoms with E-state index >= 15 is 0 Å². The van der Waals surface area contributed by atoms with Crippen LogP contribution in [0.3, 0.4) is 0 Å². The fourth-order valence-electron chi connectivity index (χ4n) is 1.52. The zero-order chi connectivity index (χ0) is 13.6. The van der Waals surface area contributed by atoms with E-state index < -0.39 is 10.0 Å². The van der Waals surface area contributed by atoms with Gasteiger partial charge in [0.25, 0.3) is 0 Å². The lowest BCUT2D eigenvalue weighted by molar-refractivity contribution is 0.249. The first-order valence-corrected chi connectivity index (χ1v) is 7.49. The normalized spacial score (nSPS) is 13.1. The van der Waals surface area contributed by atoms with Gasteiger partial charge in [0.2, 0.25) is 10.0 Å². The van der Waals surface area contributed by atoms with Gasteiger partial charge < -0.3 is 9.47 Å². The quantitative estimate of drug-likeness (QED) is 0.814. The molecule has 1 atom stereocenters. The molecule has 0 aromatic heterocycles. The zero-order valence-corrected chi connectivity index (χ0v) is 11.4. The Morgan fingerprint density at radius 2 is 1.78 bits per heavy atom. The van der Waals surface area contributed by atoms with Crippen LogP contribution in [-0.4, -0.2) is 27.4 Å². The van der Waals surface area contributed by atoms with Gasteiger partial charge in [0.15, 0.2) is 11.5 Å². The predicted molar refractivity (Wildman–Crippen MR) is 70.2 cm³/mol. The SMILES string of the molecule is CCOc1ccccc1OCC(C)CS(N)(=O)=O. The Morgan fingerprint density at radius 3 is 2.28 bits per heavy atom. The first-order valence-electron chi connectivity index (χ1n) is 5.77. The van der Waals surface area contributed by atoms with Crippen LogP contribution in [0.2, 0.25) is 0 Å². The molecule has 0 amide bonds. The monoisotopic (exact) mass is 273 g/mol. The van der Waals surface area contributed by atoms with Gasteiger partial charge in [-0.15, -0.1) is 0 Å². The van der Waals surface area contributed by atoms with Crippen LogP contribution in [-0.2, 0) is 10.0 Å². The molecule has 102 valence electrons. The molecule has 1 rings (SSSR count). The molecule has 0 fully saturated rings. The average Bonchev–Trinajstić information content (AvgIpc) is 2.26. The van der Waals surface area contributed by atoms with Crippen LogP contribution in [0.25, 0.3) is 0 Å². The Bertz CT molecular complexity index is 473. The molecule has 0 heterocycles. The highest BCUT2D eigenvalue weighted by Gasteiger charge is 2.12. The van der Waals surface area contributed by atoms with Crippen molar-refractivity contribution >= 4 is 10.0 Å². The summed E-state index contributed by atoms with van der Waals surface area (Å²) in [6, 6.07) is 7.28. The highest BCUT2D eigenvalue weighted by atomic mass is 32.2. The minimum atomic E-state index is -3.46. The van der Waals surface area contributed by atoms with Crippen molar-refractivity contribution in [1.82, 2.24) is 0 Å². The van der Waals surface area contributed by atoms with Gasteiger partial charge in [0, 0.05) is 5.92 Å². The van der Waals surface area contributed by atoms with Crippen LogP contribution >= 0.6 is 0 Å². The van der Waals surface area contributed by atoms with Crippen molar-refractivity contribution in [1.29, 1.82) is 0 Å². The molecule has 0 spiro atoms. The number of benzene rings is 1. The van der Waals surface area contributed by atoms with Crippen molar-refractivity contribution in [2.24, 2.45) is 11.1 Å². The second-order valence-electron chi connectivity index (χ2n) is 4.13. The van der Waals surface area contributed by atoms with E-state index in [2.05, 4.69) is 0 Å². The number of hydrogen-bond donors (Lipinski definition) is 1. The third-order valence-corrected chi connectivity index (χ3v) is 3.22. The summed E-state index contributed by atoms with van der Waals surface area (Å²) >= 11 is 0. The Morgan fingerprint density at radius 1 is 1.22 bits per heavy atom. The van der Waals surface area contributed by atoms with Gasteiger partial charge in [0.1, 0.15) is 0 Å². The summed E-state index contributed by atoms with van der Waals surface area (Å²) in [5.41, 5.74) is 0. The summed E-state index contributed by atoms with van der Waals surface area (Å²) < 4.78 is 32.8. The topological polar surface area (TPSA) is 78.6 Å². The van der Waals surface area contributed by atoms with Crippen LogP contribution in [0.15, 0.2) is 24.3 Å². The van der Waals surface area contributed by atoms with Gasteiger partial charge in [-0.25, -0.2) is 13.6 Å². The lowest BCUT2D eigenvalue weighted by atomic mass is 10.2. The molecule has 6 heteroatoms. The molecule has 0 aliphatic carbocycles. The van der Waals surface area contributed by atoms with Crippen molar-refractivity contribution in [3.05, 3.63) is 24.3 Å². The average molecular weight is 273 g/mol. The highest BCUT2D eigenvalue weighted by Crippen LogP contribution is 2.26. The summed E-state index contributed by atoms with van der Waals surface area (Å²) in [6.45, 7) is 4.49. The van der Waals surface area contributed by atoms with Crippen LogP contribution in [0, 0.1) is 5.92 Å². The van der Waals surface area contributed by atoms with Crippen LogP contribution < -0.4 is 14.6 Å². The number of nitrogens with two attached hydrogens (primary N) is 1. The van der Waals surface area contributed by atoms with E-state index in [-0.39, 0.29) is 18.3 Å². The lowest BCUT2D eigenvalue weighted by Crippen LogP contribution is -2.25. The van der Waals surface area contributed by atoms with E-state index in [0.717, 1.165) is 0 Å². The second-order valence-corrected chi connectivity index (χ2v) is 5.78. The van der Waals surface area contributed by atoms with Gasteiger partial charge in [-0.1, -0.05) is 19.1 Å². The van der Waals surface area contributed by atoms with Crippen molar-refractivity contribution in [2.45, 2.75) is 13.8 Å². The zero-order valence-electron chi connectivity index (χ0n) is 10.6. The molecule has 0 bridgehead atoms. The minimum Gasteiger partial charge on any atom is -0.490 e. The molecule has 2 N–H and O–H groups in total. The molecular weight excluding hydrogens is 254 g/mol. The Kier molecular flexibility index (Phi) is 5.43. The Labute approximate surface area is 108 Å². The number of hydrogen-bond acceptors (Lipinski definition) is 4. The number of primary sulfonamides is 1. The second kappa shape index (κ2) is 6.61. The van der Waals surface area contributed by atoms with E-state index in [0.29, 0.717) is 18.1 Å². The first kappa shape index (κ1) is 14.8. The Hall–Kier alpha value is -1.27. The molecule has 0 aliphatic rings. The first-order chi connectivity index (χ1) is 8.42. The fraction of sp³-hybridized carbons (Fsp3) is 0.500. The smallest absolute Gasteiger partial charge is 0.209 e. The number of ether oxygens (including phenoxy) is 2. The highest BCUT2D eigenvalue weighted by molar-refractivity contribution is 7.89. The molecule has 0 radical (unpaired) electrons. The summed E-state index contributed by atoms with van der Waals surface area (Å²) in [5, 5.41) is 4.97. The number of rotatable bonds is 7. The van der Waals surface area contributed by atoms with E-state index in [4.69, 9.17) is 14.6 Å². The standard InChI is InChI=1S/C12H19NO4S/c1-3-16-11-6-4-5-7-12(11)17-8-10(2)9-18(13,14)15/h4-7,10H,3,8-9H2,1-2H3,(H2,13,14,15). The van der Waals surface area contributed by atoms with E-state index in [1.165, 1.54) is 0 Å². The van der Waals surface area contributed by atoms with Gasteiger partial charge in [-0.2, -0.15) is 0 Å². The summed E-state index contributed by atoms with van der Waals surface area (Å²) in [5.74, 6) is 1.00. The maximum Gasteiger partial charge on any atom is 0.209 e. The van der Waals surface area contributed by atoms with Gasteiger partial charge >= 0.3 is 0 Å². The number of para-hydroxylation sites is 2. The molecular formula is C12H19NO4S. The van der Waals surface area contributed by atoms with Crippen LogP contribution in [0.4, 0.5) is 0 Å². The van der Waals surface area contributed by atoms with Gasteiger partial charge in [0.05, 0.1) is 19.0 Å². The van der Waals surface area contributed by atoms with Crippen LogP contribution in [0.1, 0.15) is 13.8 Å². The largest absolute Gasteiger partial charge is 0.490 e. The Balaban J connectivity index is 2.58. The van der Waals surface area contributed by atoms with E-state index in [1.54, 1.807) is 13.0 Å². The van der Waals surface area contributed by atoms with Crippen molar-refractivity contribution in [3.8, 4) is 11.5 Å². The predicted octanol–water partition coefficient (Wildman–Crippen LogP) is 1.39. The fourth-order valence-corrected chi connectivity index (χ4v) is 2.41. The lowest BCUT2D eigenvalue weighted by Gasteiger charge is -2.14. The van der Waals surface area contributed by atoms with E-state index in [9.17, 15) is 8.42 Å². The molecule has 1 unspecified atom stereocenters. The van der Waals surface area contributed by atoms with E-state index in [1.807, 2.05) is 25.1 Å². The minimum absolute atomic E-state index is 0.0935. The third-order valence-electron chi connectivity index (χ3n) is 2.19. The summed E-state index contributed by atoms with van der Waals surface area (Å²) in [7, 11) is -3.46.